The van der Waals surface area contributed by atoms with E-state index in [1.165, 1.54) is 0 Å². The lowest BCUT2D eigenvalue weighted by atomic mass is 9.92. The molecule has 2 rings (SSSR count). The van der Waals surface area contributed by atoms with Gasteiger partial charge in [-0.25, -0.2) is 0 Å². The van der Waals surface area contributed by atoms with Crippen LogP contribution in [0.4, 0.5) is 0 Å². The third-order valence-electron chi connectivity index (χ3n) is 2.45. The quantitative estimate of drug-likeness (QED) is 0.942. The summed E-state index contributed by atoms with van der Waals surface area (Å²) in [5.41, 5.74) is 1.85. The average Bonchev–Trinajstić information content (AvgIpc) is 2.70. The summed E-state index contributed by atoms with van der Waals surface area (Å²) in [6.07, 6.45) is 2.39. The summed E-state index contributed by atoms with van der Waals surface area (Å²) in [7, 11) is 0. The average molecular weight is 298 g/mol. The first-order valence-corrected chi connectivity index (χ1v) is 6.61. The van der Waals surface area contributed by atoms with Crippen molar-refractivity contribution in [1.82, 2.24) is 4.98 Å². The summed E-state index contributed by atoms with van der Waals surface area (Å²) in [6.45, 7) is 1.83. The summed E-state index contributed by atoms with van der Waals surface area (Å²) in [5, 5.41) is 10.4. The molecule has 1 unspecified atom stereocenters. The summed E-state index contributed by atoms with van der Waals surface area (Å²) >= 11 is 4.98. The fraction of sp³-hybridized carbons (Fsp3) is 0.250. The SMILES string of the molecule is CC(O)(Cc1cncs1)c1cccc(Br)c1. The lowest BCUT2D eigenvalue weighted by molar-refractivity contribution is 0.0584. The zero-order chi connectivity index (χ0) is 11.6. The molecular formula is C12H12BrNOS. The summed E-state index contributed by atoms with van der Waals surface area (Å²) in [6, 6.07) is 7.76. The molecule has 1 aromatic carbocycles. The molecule has 0 spiro atoms. The van der Waals surface area contributed by atoms with Crippen molar-refractivity contribution in [2.75, 3.05) is 0 Å². The second kappa shape index (κ2) is 4.65. The van der Waals surface area contributed by atoms with E-state index in [4.69, 9.17) is 0 Å². The van der Waals surface area contributed by atoms with E-state index in [0.717, 1.165) is 14.9 Å². The van der Waals surface area contributed by atoms with Gasteiger partial charge >= 0.3 is 0 Å². The van der Waals surface area contributed by atoms with Crippen LogP contribution in [0.1, 0.15) is 17.4 Å². The van der Waals surface area contributed by atoms with Gasteiger partial charge in [0.2, 0.25) is 0 Å². The van der Waals surface area contributed by atoms with E-state index in [2.05, 4.69) is 20.9 Å². The van der Waals surface area contributed by atoms with Crippen molar-refractivity contribution in [3.8, 4) is 0 Å². The molecule has 1 heterocycles. The van der Waals surface area contributed by atoms with E-state index in [9.17, 15) is 5.11 Å². The first-order chi connectivity index (χ1) is 7.58. The van der Waals surface area contributed by atoms with E-state index in [-0.39, 0.29) is 0 Å². The van der Waals surface area contributed by atoms with Crippen molar-refractivity contribution >= 4 is 27.3 Å². The first kappa shape index (κ1) is 11.8. The second-order valence-corrected chi connectivity index (χ2v) is 5.82. The topological polar surface area (TPSA) is 33.1 Å². The predicted octanol–water partition coefficient (Wildman–Crippen LogP) is 3.36. The maximum Gasteiger partial charge on any atom is 0.0917 e. The van der Waals surface area contributed by atoms with Crippen LogP contribution < -0.4 is 0 Å². The maximum absolute atomic E-state index is 10.4. The van der Waals surface area contributed by atoms with Crippen LogP contribution in [-0.2, 0) is 12.0 Å². The van der Waals surface area contributed by atoms with Gasteiger partial charge in [-0.2, -0.15) is 0 Å². The maximum atomic E-state index is 10.4. The van der Waals surface area contributed by atoms with Gasteiger partial charge in [-0.05, 0) is 24.6 Å². The largest absolute Gasteiger partial charge is 0.385 e. The number of benzene rings is 1. The molecular weight excluding hydrogens is 286 g/mol. The summed E-state index contributed by atoms with van der Waals surface area (Å²) in [4.78, 5) is 5.10. The van der Waals surface area contributed by atoms with Crippen molar-refractivity contribution in [1.29, 1.82) is 0 Å². The Labute approximate surface area is 107 Å². The van der Waals surface area contributed by atoms with Crippen molar-refractivity contribution in [2.24, 2.45) is 0 Å². The van der Waals surface area contributed by atoms with Gasteiger partial charge in [0, 0.05) is 22.0 Å². The van der Waals surface area contributed by atoms with E-state index < -0.39 is 5.60 Å². The highest BCUT2D eigenvalue weighted by Gasteiger charge is 2.24. The van der Waals surface area contributed by atoms with Crippen molar-refractivity contribution in [3.05, 3.63) is 50.9 Å². The van der Waals surface area contributed by atoms with Crippen LogP contribution in [0.2, 0.25) is 0 Å². The molecule has 0 aliphatic carbocycles. The highest BCUT2D eigenvalue weighted by atomic mass is 79.9. The molecule has 0 saturated carbocycles. The Morgan fingerprint density at radius 1 is 1.50 bits per heavy atom. The van der Waals surface area contributed by atoms with E-state index in [1.807, 2.05) is 31.2 Å². The number of hydrogen-bond acceptors (Lipinski definition) is 3. The highest BCUT2D eigenvalue weighted by Crippen LogP contribution is 2.28. The molecule has 0 fully saturated rings. The Bertz CT molecular complexity index is 468. The number of thiazole rings is 1. The minimum Gasteiger partial charge on any atom is -0.385 e. The first-order valence-electron chi connectivity index (χ1n) is 4.94. The van der Waals surface area contributed by atoms with Crippen LogP contribution >= 0.6 is 27.3 Å². The van der Waals surface area contributed by atoms with Crippen LogP contribution in [-0.4, -0.2) is 10.1 Å². The van der Waals surface area contributed by atoms with E-state index in [0.29, 0.717) is 6.42 Å². The number of rotatable bonds is 3. The Morgan fingerprint density at radius 2 is 2.31 bits per heavy atom. The smallest absolute Gasteiger partial charge is 0.0917 e. The molecule has 0 amide bonds. The number of nitrogens with zero attached hydrogens (tertiary/aromatic N) is 1. The zero-order valence-electron chi connectivity index (χ0n) is 8.85. The summed E-state index contributed by atoms with van der Waals surface area (Å²) < 4.78 is 0.981. The zero-order valence-corrected chi connectivity index (χ0v) is 11.3. The molecule has 2 aromatic rings. The minimum absolute atomic E-state index is 0.591. The molecule has 2 nitrogen and oxygen atoms in total. The van der Waals surface area contributed by atoms with Gasteiger partial charge in [-0.15, -0.1) is 11.3 Å². The molecule has 1 aromatic heterocycles. The monoisotopic (exact) mass is 297 g/mol. The van der Waals surface area contributed by atoms with E-state index in [1.54, 1.807) is 23.0 Å². The van der Waals surface area contributed by atoms with Crippen LogP contribution in [0.3, 0.4) is 0 Å². The van der Waals surface area contributed by atoms with Crippen molar-refractivity contribution in [3.63, 3.8) is 0 Å². The molecule has 1 atom stereocenters. The van der Waals surface area contributed by atoms with Gasteiger partial charge in [0.1, 0.15) is 0 Å². The predicted molar refractivity (Wildman–Crippen MR) is 69.5 cm³/mol. The van der Waals surface area contributed by atoms with Crippen LogP contribution in [0.5, 0.6) is 0 Å². The van der Waals surface area contributed by atoms with Crippen molar-refractivity contribution in [2.45, 2.75) is 18.9 Å². The normalized spacial score (nSPS) is 14.7. The Hall–Kier alpha value is -0.710. The molecule has 84 valence electrons. The molecule has 0 aliphatic heterocycles. The van der Waals surface area contributed by atoms with Gasteiger partial charge < -0.3 is 5.11 Å². The third kappa shape index (κ3) is 2.70. The molecule has 4 heteroatoms. The number of aromatic nitrogens is 1. The molecule has 0 radical (unpaired) electrons. The molecule has 16 heavy (non-hydrogen) atoms. The summed E-state index contributed by atoms with van der Waals surface area (Å²) in [5.74, 6) is 0. The molecule has 0 bridgehead atoms. The Kier molecular flexibility index (Phi) is 3.42. The lowest BCUT2D eigenvalue weighted by Crippen LogP contribution is -2.23. The van der Waals surface area contributed by atoms with Crippen LogP contribution in [0, 0.1) is 0 Å². The van der Waals surface area contributed by atoms with Gasteiger partial charge in [-0.3, -0.25) is 4.98 Å². The van der Waals surface area contributed by atoms with Crippen LogP contribution in [0.15, 0.2) is 40.4 Å². The Morgan fingerprint density at radius 3 is 2.94 bits per heavy atom. The van der Waals surface area contributed by atoms with Gasteiger partial charge in [0.05, 0.1) is 11.1 Å². The highest BCUT2D eigenvalue weighted by molar-refractivity contribution is 9.10. The fourth-order valence-electron chi connectivity index (χ4n) is 1.59. The lowest BCUT2D eigenvalue weighted by Gasteiger charge is -2.23. The standard InChI is InChI=1S/C12H12BrNOS/c1-12(15,6-11-7-14-8-16-11)9-3-2-4-10(13)5-9/h2-5,7-8,15H,6H2,1H3. The minimum atomic E-state index is -0.851. The van der Waals surface area contributed by atoms with Gasteiger partial charge in [0.25, 0.3) is 0 Å². The third-order valence-corrected chi connectivity index (χ3v) is 3.72. The Balaban J connectivity index is 2.24. The van der Waals surface area contributed by atoms with E-state index >= 15 is 0 Å². The molecule has 0 saturated heterocycles. The number of halogens is 1. The number of hydrogen-bond donors (Lipinski definition) is 1. The van der Waals surface area contributed by atoms with Gasteiger partial charge in [0.15, 0.2) is 0 Å². The molecule has 0 aliphatic rings. The van der Waals surface area contributed by atoms with Crippen molar-refractivity contribution < 1.29 is 5.11 Å². The second-order valence-electron chi connectivity index (χ2n) is 3.93. The van der Waals surface area contributed by atoms with Crippen LogP contribution in [0.25, 0.3) is 0 Å². The number of aliphatic hydroxyl groups is 1. The fourth-order valence-corrected chi connectivity index (χ4v) is 2.74. The van der Waals surface area contributed by atoms with Gasteiger partial charge in [-0.1, -0.05) is 28.1 Å². The molecule has 1 N–H and O–H groups in total.